The molecular formula is C15H32N2O. The Morgan fingerprint density at radius 3 is 2.17 bits per heavy atom. The average molecular weight is 256 g/mol. The SMILES string of the molecule is CCOC(C)(CC)C(NN)C1CC(C)CC(C)C1. The number of nitrogens with two attached hydrogens (primary N) is 1. The first kappa shape index (κ1) is 15.9. The molecule has 0 radical (unpaired) electrons. The van der Waals surface area contributed by atoms with Crippen LogP contribution in [0, 0.1) is 17.8 Å². The molecule has 0 bridgehead atoms. The lowest BCUT2D eigenvalue weighted by Crippen LogP contribution is -2.57. The normalized spacial score (nSPS) is 34.0. The van der Waals surface area contributed by atoms with Crippen molar-refractivity contribution >= 4 is 0 Å². The minimum absolute atomic E-state index is 0.148. The van der Waals surface area contributed by atoms with E-state index in [-0.39, 0.29) is 11.6 Å². The number of hydrazine groups is 1. The third-order valence-electron chi connectivity index (χ3n) is 4.70. The topological polar surface area (TPSA) is 47.3 Å². The van der Waals surface area contributed by atoms with E-state index >= 15 is 0 Å². The van der Waals surface area contributed by atoms with Crippen molar-refractivity contribution < 1.29 is 4.74 Å². The molecule has 4 atom stereocenters. The van der Waals surface area contributed by atoms with Gasteiger partial charge in [0.2, 0.25) is 0 Å². The fourth-order valence-electron chi connectivity index (χ4n) is 3.83. The van der Waals surface area contributed by atoms with E-state index in [0.717, 1.165) is 24.9 Å². The molecule has 1 saturated carbocycles. The third kappa shape index (κ3) is 3.69. The van der Waals surface area contributed by atoms with E-state index < -0.39 is 0 Å². The number of hydrogen-bond acceptors (Lipinski definition) is 3. The maximum absolute atomic E-state index is 6.01. The second kappa shape index (κ2) is 6.88. The van der Waals surface area contributed by atoms with Gasteiger partial charge in [0.25, 0.3) is 0 Å². The van der Waals surface area contributed by atoms with Crippen LogP contribution in [0.3, 0.4) is 0 Å². The smallest absolute Gasteiger partial charge is 0.0820 e. The van der Waals surface area contributed by atoms with Crippen LogP contribution in [0.15, 0.2) is 0 Å². The van der Waals surface area contributed by atoms with Crippen LogP contribution in [0.2, 0.25) is 0 Å². The highest BCUT2D eigenvalue weighted by Crippen LogP contribution is 2.38. The van der Waals surface area contributed by atoms with Gasteiger partial charge in [-0.15, -0.1) is 0 Å². The Hall–Kier alpha value is -0.120. The minimum Gasteiger partial charge on any atom is -0.374 e. The highest BCUT2D eigenvalue weighted by atomic mass is 16.5. The zero-order valence-electron chi connectivity index (χ0n) is 12.8. The van der Waals surface area contributed by atoms with Crippen LogP contribution >= 0.6 is 0 Å². The zero-order chi connectivity index (χ0) is 13.8. The van der Waals surface area contributed by atoms with Gasteiger partial charge in [-0.3, -0.25) is 11.3 Å². The maximum atomic E-state index is 6.01. The molecule has 0 spiro atoms. The number of hydrogen-bond donors (Lipinski definition) is 2. The molecule has 1 aliphatic carbocycles. The highest BCUT2D eigenvalue weighted by molar-refractivity contribution is 4.94. The first-order valence-electron chi connectivity index (χ1n) is 7.56. The Kier molecular flexibility index (Phi) is 6.09. The van der Waals surface area contributed by atoms with E-state index in [0.29, 0.717) is 5.92 Å². The fourth-order valence-corrected chi connectivity index (χ4v) is 3.83. The summed E-state index contributed by atoms with van der Waals surface area (Å²) < 4.78 is 6.01. The van der Waals surface area contributed by atoms with Gasteiger partial charge in [-0.05, 0) is 57.3 Å². The molecule has 3 N–H and O–H groups in total. The molecule has 1 fully saturated rings. The molecule has 0 saturated heterocycles. The standard InChI is InChI=1S/C15H32N2O/c1-6-15(5,18-7-2)14(17-16)13-9-11(3)8-12(4)10-13/h11-14,17H,6-10,16H2,1-5H3. The number of nitrogens with one attached hydrogen (secondary N) is 1. The lowest BCUT2D eigenvalue weighted by molar-refractivity contribution is -0.0773. The van der Waals surface area contributed by atoms with Gasteiger partial charge in [0.15, 0.2) is 0 Å². The van der Waals surface area contributed by atoms with Crippen LogP contribution in [0.1, 0.15) is 60.3 Å². The van der Waals surface area contributed by atoms with Crippen molar-refractivity contribution in [1.29, 1.82) is 0 Å². The Morgan fingerprint density at radius 2 is 1.78 bits per heavy atom. The van der Waals surface area contributed by atoms with E-state index in [1.165, 1.54) is 19.3 Å². The fraction of sp³-hybridized carbons (Fsp3) is 1.00. The average Bonchev–Trinajstić information content (AvgIpc) is 2.29. The first-order valence-corrected chi connectivity index (χ1v) is 7.56. The van der Waals surface area contributed by atoms with Gasteiger partial charge in [0.05, 0.1) is 11.6 Å². The summed E-state index contributed by atoms with van der Waals surface area (Å²) in [5.74, 6) is 8.09. The Morgan fingerprint density at radius 1 is 1.22 bits per heavy atom. The minimum atomic E-state index is -0.148. The molecule has 108 valence electrons. The summed E-state index contributed by atoms with van der Waals surface area (Å²) in [5, 5.41) is 0. The van der Waals surface area contributed by atoms with Crippen LogP contribution in [0.4, 0.5) is 0 Å². The molecule has 0 heterocycles. The summed E-state index contributed by atoms with van der Waals surface area (Å²) in [7, 11) is 0. The zero-order valence-corrected chi connectivity index (χ0v) is 12.8. The maximum Gasteiger partial charge on any atom is 0.0820 e. The van der Waals surface area contributed by atoms with Crippen molar-refractivity contribution in [3.63, 3.8) is 0 Å². The largest absolute Gasteiger partial charge is 0.374 e. The van der Waals surface area contributed by atoms with Crippen LogP contribution < -0.4 is 11.3 Å². The summed E-state index contributed by atoms with van der Waals surface area (Å²) in [5.41, 5.74) is 2.92. The van der Waals surface area contributed by atoms with Crippen molar-refractivity contribution in [2.45, 2.75) is 71.9 Å². The molecule has 4 unspecified atom stereocenters. The second-order valence-electron chi connectivity index (χ2n) is 6.42. The van der Waals surface area contributed by atoms with Crippen molar-refractivity contribution in [2.24, 2.45) is 23.6 Å². The monoisotopic (exact) mass is 256 g/mol. The highest BCUT2D eigenvalue weighted by Gasteiger charge is 2.40. The quantitative estimate of drug-likeness (QED) is 0.567. The summed E-state index contributed by atoms with van der Waals surface area (Å²) in [6.45, 7) is 11.9. The van der Waals surface area contributed by atoms with E-state index in [1.54, 1.807) is 0 Å². The van der Waals surface area contributed by atoms with E-state index in [1.807, 2.05) is 0 Å². The van der Waals surface area contributed by atoms with Gasteiger partial charge in [-0.2, -0.15) is 0 Å². The summed E-state index contributed by atoms with van der Waals surface area (Å²) in [4.78, 5) is 0. The predicted octanol–water partition coefficient (Wildman–Crippen LogP) is 3.10. The van der Waals surface area contributed by atoms with Gasteiger partial charge >= 0.3 is 0 Å². The first-order chi connectivity index (χ1) is 8.46. The second-order valence-corrected chi connectivity index (χ2v) is 6.42. The van der Waals surface area contributed by atoms with Crippen LogP contribution in [0.25, 0.3) is 0 Å². The molecule has 1 aliphatic rings. The molecule has 3 heteroatoms. The lowest BCUT2D eigenvalue weighted by atomic mass is 9.70. The Labute approximate surface area is 113 Å². The summed E-state index contributed by atoms with van der Waals surface area (Å²) in [6, 6.07) is 0.257. The van der Waals surface area contributed by atoms with E-state index in [9.17, 15) is 0 Å². The number of rotatable bonds is 6. The van der Waals surface area contributed by atoms with Gasteiger partial charge in [-0.25, -0.2) is 0 Å². The van der Waals surface area contributed by atoms with Crippen molar-refractivity contribution in [1.82, 2.24) is 5.43 Å². The van der Waals surface area contributed by atoms with Gasteiger partial charge < -0.3 is 4.74 Å². The van der Waals surface area contributed by atoms with Gasteiger partial charge in [0, 0.05) is 6.61 Å². The number of ether oxygens (including phenoxy) is 1. The Balaban J connectivity index is 2.80. The van der Waals surface area contributed by atoms with Crippen molar-refractivity contribution in [3.8, 4) is 0 Å². The van der Waals surface area contributed by atoms with Gasteiger partial charge in [0.1, 0.15) is 0 Å². The predicted molar refractivity (Wildman–Crippen MR) is 77.1 cm³/mol. The van der Waals surface area contributed by atoms with Gasteiger partial charge in [-0.1, -0.05) is 20.8 Å². The van der Waals surface area contributed by atoms with Crippen LogP contribution in [-0.4, -0.2) is 18.2 Å². The Bertz CT molecular complexity index is 237. The van der Waals surface area contributed by atoms with Crippen LogP contribution in [-0.2, 0) is 4.74 Å². The molecular weight excluding hydrogens is 224 g/mol. The summed E-state index contributed by atoms with van der Waals surface area (Å²) >= 11 is 0. The molecule has 0 aromatic rings. The molecule has 0 aromatic heterocycles. The third-order valence-corrected chi connectivity index (χ3v) is 4.70. The molecule has 1 rings (SSSR count). The van der Waals surface area contributed by atoms with Crippen molar-refractivity contribution in [2.75, 3.05) is 6.61 Å². The molecule has 0 aliphatic heterocycles. The molecule has 18 heavy (non-hydrogen) atoms. The van der Waals surface area contributed by atoms with Crippen LogP contribution in [0.5, 0.6) is 0 Å². The van der Waals surface area contributed by atoms with E-state index in [4.69, 9.17) is 10.6 Å². The summed E-state index contributed by atoms with van der Waals surface area (Å²) in [6.07, 6.45) is 4.88. The van der Waals surface area contributed by atoms with E-state index in [2.05, 4.69) is 40.0 Å². The molecule has 0 amide bonds. The lowest BCUT2D eigenvalue weighted by Gasteiger charge is -2.44. The molecule has 3 nitrogen and oxygen atoms in total. The molecule has 0 aromatic carbocycles. The van der Waals surface area contributed by atoms with Crippen molar-refractivity contribution in [3.05, 3.63) is 0 Å².